The first-order valence-corrected chi connectivity index (χ1v) is 8.99. The van der Waals surface area contributed by atoms with Crippen LogP contribution in [0.2, 0.25) is 0 Å². The second-order valence-corrected chi connectivity index (χ2v) is 7.35. The summed E-state index contributed by atoms with van der Waals surface area (Å²) in [6.45, 7) is 0. The summed E-state index contributed by atoms with van der Waals surface area (Å²) in [6.07, 6.45) is 1.62. The maximum absolute atomic E-state index is 12.7. The van der Waals surface area contributed by atoms with Crippen molar-refractivity contribution < 1.29 is 13.2 Å². The van der Waals surface area contributed by atoms with Crippen LogP contribution in [-0.2, 0) is 10.0 Å². The van der Waals surface area contributed by atoms with Gasteiger partial charge in [0.25, 0.3) is 10.0 Å². The predicted molar refractivity (Wildman–Crippen MR) is 93.2 cm³/mol. The van der Waals surface area contributed by atoms with Gasteiger partial charge in [0.1, 0.15) is 10.6 Å². The molecule has 2 aromatic carbocycles. The smallest absolute Gasteiger partial charge is 0.265 e. The Morgan fingerprint density at radius 1 is 1.13 bits per heavy atom. The van der Waals surface area contributed by atoms with E-state index in [0.29, 0.717) is 15.7 Å². The molecule has 1 N–H and O–H groups in total. The average molecular weight is 393 g/mol. The van der Waals surface area contributed by atoms with Crippen molar-refractivity contribution in [2.24, 2.45) is 0 Å². The van der Waals surface area contributed by atoms with Crippen LogP contribution in [-0.4, -0.2) is 20.5 Å². The van der Waals surface area contributed by atoms with Gasteiger partial charge in [-0.3, -0.25) is 9.71 Å². The standard InChI is InChI=1S/C16H13BrN2O3S/c1-22-14-8-7-12(17)10-15(14)23(20,21)19-13-6-2-4-11-5-3-9-18-16(11)13/h2-10,19H,1H3. The number of benzene rings is 2. The molecule has 3 aromatic rings. The zero-order valence-electron chi connectivity index (χ0n) is 12.2. The number of anilines is 1. The van der Waals surface area contributed by atoms with Crippen LogP contribution in [0.3, 0.4) is 0 Å². The van der Waals surface area contributed by atoms with Gasteiger partial charge in [-0.2, -0.15) is 0 Å². The van der Waals surface area contributed by atoms with E-state index in [9.17, 15) is 8.42 Å². The third-order valence-electron chi connectivity index (χ3n) is 3.29. The summed E-state index contributed by atoms with van der Waals surface area (Å²) in [5, 5.41) is 0.855. The highest BCUT2D eigenvalue weighted by Crippen LogP contribution is 2.30. The van der Waals surface area contributed by atoms with Crippen molar-refractivity contribution in [3.05, 3.63) is 59.2 Å². The van der Waals surface area contributed by atoms with E-state index in [2.05, 4.69) is 25.6 Å². The number of fused-ring (bicyclic) bond motifs is 1. The SMILES string of the molecule is COc1ccc(Br)cc1S(=O)(=O)Nc1cccc2cccnc12. The van der Waals surface area contributed by atoms with Gasteiger partial charge in [-0.1, -0.05) is 34.1 Å². The number of methoxy groups -OCH3 is 1. The lowest BCUT2D eigenvalue weighted by molar-refractivity contribution is 0.403. The molecular formula is C16H13BrN2O3S. The molecule has 1 aromatic heterocycles. The summed E-state index contributed by atoms with van der Waals surface area (Å²) in [6, 6.07) is 13.8. The summed E-state index contributed by atoms with van der Waals surface area (Å²) < 4.78 is 33.9. The molecule has 0 fully saturated rings. The molecular weight excluding hydrogens is 380 g/mol. The Bertz CT molecular complexity index is 969. The second kappa shape index (κ2) is 6.17. The molecule has 1 heterocycles. The number of hydrogen-bond acceptors (Lipinski definition) is 4. The van der Waals surface area contributed by atoms with Crippen LogP contribution in [0.1, 0.15) is 0 Å². The van der Waals surface area contributed by atoms with Gasteiger partial charge in [-0.25, -0.2) is 8.42 Å². The van der Waals surface area contributed by atoms with E-state index in [1.54, 1.807) is 36.5 Å². The lowest BCUT2D eigenvalue weighted by atomic mass is 10.2. The molecule has 0 aliphatic heterocycles. The Morgan fingerprint density at radius 2 is 1.91 bits per heavy atom. The largest absolute Gasteiger partial charge is 0.495 e. The molecule has 0 saturated heterocycles. The molecule has 0 unspecified atom stereocenters. The Labute approximate surface area is 142 Å². The number of hydrogen-bond donors (Lipinski definition) is 1. The molecule has 7 heteroatoms. The Hall–Kier alpha value is -2.12. The van der Waals surface area contributed by atoms with Crippen molar-refractivity contribution >= 4 is 42.5 Å². The highest BCUT2D eigenvalue weighted by Gasteiger charge is 2.21. The predicted octanol–water partition coefficient (Wildman–Crippen LogP) is 3.81. The summed E-state index contributed by atoms with van der Waals surface area (Å²) in [5.41, 5.74) is 1.01. The lowest BCUT2D eigenvalue weighted by Crippen LogP contribution is -2.14. The van der Waals surface area contributed by atoms with Crippen molar-refractivity contribution in [1.82, 2.24) is 4.98 Å². The summed E-state index contributed by atoms with van der Waals surface area (Å²) in [7, 11) is -2.38. The van der Waals surface area contributed by atoms with Crippen LogP contribution in [0.4, 0.5) is 5.69 Å². The molecule has 0 bridgehead atoms. The normalized spacial score (nSPS) is 11.4. The minimum atomic E-state index is -3.82. The van der Waals surface area contributed by atoms with Crippen LogP contribution in [0.5, 0.6) is 5.75 Å². The van der Waals surface area contributed by atoms with Crippen LogP contribution < -0.4 is 9.46 Å². The van der Waals surface area contributed by atoms with E-state index in [0.717, 1.165) is 5.39 Å². The highest BCUT2D eigenvalue weighted by atomic mass is 79.9. The summed E-state index contributed by atoms with van der Waals surface area (Å²) >= 11 is 3.28. The zero-order valence-corrected chi connectivity index (χ0v) is 14.6. The number of para-hydroxylation sites is 1. The first-order chi connectivity index (χ1) is 11.0. The van der Waals surface area contributed by atoms with E-state index in [-0.39, 0.29) is 10.6 Å². The molecule has 5 nitrogen and oxygen atoms in total. The molecule has 0 amide bonds. The molecule has 0 aliphatic rings. The number of aromatic nitrogens is 1. The van der Waals surface area contributed by atoms with Gasteiger partial charge in [0.15, 0.2) is 0 Å². The van der Waals surface area contributed by atoms with Crippen LogP contribution in [0.15, 0.2) is 64.1 Å². The molecule has 0 aliphatic carbocycles. The number of nitrogens with zero attached hydrogens (tertiary/aromatic N) is 1. The molecule has 23 heavy (non-hydrogen) atoms. The van der Waals surface area contributed by atoms with Gasteiger partial charge >= 0.3 is 0 Å². The minimum Gasteiger partial charge on any atom is -0.495 e. The average Bonchev–Trinajstić information content (AvgIpc) is 2.55. The molecule has 0 saturated carbocycles. The van der Waals surface area contributed by atoms with Gasteiger partial charge in [-0.05, 0) is 30.3 Å². The zero-order chi connectivity index (χ0) is 16.4. The van der Waals surface area contributed by atoms with E-state index < -0.39 is 10.0 Å². The van der Waals surface area contributed by atoms with Crippen LogP contribution >= 0.6 is 15.9 Å². The summed E-state index contributed by atoms with van der Waals surface area (Å²) in [5.74, 6) is 0.272. The van der Waals surface area contributed by atoms with Gasteiger partial charge in [0, 0.05) is 16.1 Å². The van der Waals surface area contributed by atoms with E-state index >= 15 is 0 Å². The highest BCUT2D eigenvalue weighted by molar-refractivity contribution is 9.10. The molecule has 0 atom stereocenters. The fourth-order valence-corrected chi connectivity index (χ4v) is 4.02. The van der Waals surface area contributed by atoms with Gasteiger partial charge in [0.2, 0.25) is 0 Å². The van der Waals surface area contributed by atoms with Gasteiger partial charge in [-0.15, -0.1) is 0 Å². The van der Waals surface area contributed by atoms with Crippen molar-refractivity contribution in [1.29, 1.82) is 0 Å². The third-order valence-corrected chi connectivity index (χ3v) is 5.17. The topological polar surface area (TPSA) is 68.3 Å². The Kier molecular flexibility index (Phi) is 4.23. The van der Waals surface area contributed by atoms with Crippen molar-refractivity contribution in [3.63, 3.8) is 0 Å². The van der Waals surface area contributed by atoms with Crippen molar-refractivity contribution in [2.75, 3.05) is 11.8 Å². The number of sulfonamides is 1. The second-order valence-electron chi connectivity index (χ2n) is 4.78. The number of rotatable bonds is 4. The number of nitrogens with one attached hydrogen (secondary N) is 1. The van der Waals surface area contributed by atoms with E-state index in [4.69, 9.17) is 4.74 Å². The van der Waals surface area contributed by atoms with E-state index in [1.807, 2.05) is 12.1 Å². The van der Waals surface area contributed by atoms with Crippen LogP contribution in [0, 0.1) is 0 Å². The molecule has 118 valence electrons. The minimum absolute atomic E-state index is 0.0577. The van der Waals surface area contributed by atoms with E-state index in [1.165, 1.54) is 13.2 Å². The number of halogens is 1. The van der Waals surface area contributed by atoms with Gasteiger partial charge < -0.3 is 4.74 Å². The summed E-state index contributed by atoms with van der Waals surface area (Å²) in [4.78, 5) is 4.31. The first-order valence-electron chi connectivity index (χ1n) is 6.71. The Morgan fingerprint density at radius 3 is 2.70 bits per heavy atom. The van der Waals surface area contributed by atoms with Crippen LogP contribution in [0.25, 0.3) is 10.9 Å². The monoisotopic (exact) mass is 392 g/mol. The lowest BCUT2D eigenvalue weighted by Gasteiger charge is -2.13. The number of ether oxygens (including phenoxy) is 1. The fourth-order valence-electron chi connectivity index (χ4n) is 2.25. The van der Waals surface area contributed by atoms with Crippen molar-refractivity contribution in [2.45, 2.75) is 4.90 Å². The maximum atomic E-state index is 12.7. The van der Waals surface area contributed by atoms with Crippen molar-refractivity contribution in [3.8, 4) is 5.75 Å². The molecule has 0 radical (unpaired) electrons. The first kappa shape index (κ1) is 15.8. The van der Waals surface area contributed by atoms with Gasteiger partial charge in [0.05, 0.1) is 18.3 Å². The fraction of sp³-hybridized carbons (Fsp3) is 0.0625. The maximum Gasteiger partial charge on any atom is 0.265 e. The quantitative estimate of drug-likeness (QED) is 0.732. The number of pyridine rings is 1. The Balaban J connectivity index is 2.09. The third kappa shape index (κ3) is 3.16. The molecule has 3 rings (SSSR count). The molecule has 0 spiro atoms.